The lowest BCUT2D eigenvalue weighted by molar-refractivity contribution is 0.230. The molecule has 10 N–H and O–H groups in total. The van der Waals surface area contributed by atoms with E-state index in [0.29, 0.717) is 70.2 Å². The molecule has 6 aliphatic rings. The molecule has 10 aromatic heterocycles. The second-order valence-electron chi connectivity index (χ2n) is 36.6. The molecule has 12 heterocycles. The molecule has 0 radical (unpaired) electrons. The first-order valence-corrected chi connectivity index (χ1v) is 45.3. The van der Waals surface area contributed by atoms with Crippen LogP contribution in [0.25, 0.3) is 67.7 Å². The molecule has 4 atom stereocenters. The van der Waals surface area contributed by atoms with E-state index in [-0.39, 0.29) is 44.9 Å². The minimum Gasteiger partial charge on any atom is -0.384 e. The molecule has 14 aromatic rings. The van der Waals surface area contributed by atoms with Gasteiger partial charge in [-0.3, -0.25) is 0 Å². The van der Waals surface area contributed by atoms with Crippen LogP contribution in [0.3, 0.4) is 0 Å². The number of pyridine rings is 1. The number of hydrogen-bond acceptors (Lipinski definition) is 31. The Morgan fingerprint density at radius 1 is 0.357 bits per heavy atom. The van der Waals surface area contributed by atoms with Crippen LogP contribution in [0.15, 0.2) is 195 Å². The van der Waals surface area contributed by atoms with Crippen LogP contribution in [0.1, 0.15) is 215 Å². The number of nitrogen functional groups attached to an aromatic ring is 4. The molecule has 4 aromatic carbocycles. The summed E-state index contributed by atoms with van der Waals surface area (Å²) in [4.78, 5) is 70.9. The molecule has 0 amide bonds. The number of nitrogens with one attached hydrogen (secondary N) is 2. The summed E-state index contributed by atoms with van der Waals surface area (Å²) in [6.07, 6.45) is 35.9. The standard InChI is InChI=1S/C26H28N8O.C25H27N9O.C24H31N5O.C23H29N5O/c1-26(20-7-8-20,19-5-2-17(3-6-19)18-4-9-22(27)30-14-18)25-32-24(35-33-25)21-15-31-23(16-29-21)34-12-10-28-11-13-34;1-25(19-6-7-19,18-4-2-16(3-5-18)17-12-30-24(26)31-13-17)23-32-22(35-33-23)20-14-29-21(15-28-20)34-10-8-27-9-11-34;1-16(2)24(4,20-28-21(30-29-20)23(3)12-6-5-7-13-23)19-10-8-17(9-11-19)18-14-26-22(25)27-15-18;1-15(2)23(3,21-27-20(29-28-21)17-7-5-4-6-8-17)19-11-9-16(10-12-19)18-13-25-22(24)26-14-18/h2-6,9,14-16,20,28H,7-8,10-13H2,1H3,(H2,27,30);2-5,12-15,19,27H,6-11H2,1H3,(H2,26,30,31);8-11,14-16H,5-7,12-13H2,1-4H3,(H2,25,26,27);9-15,17H,4-8H2,1-3H3,(H2,24,25,26)/t26-;25-;;/m11../s1. The van der Waals surface area contributed by atoms with Gasteiger partial charge in [-0.1, -0.05) is 191 Å². The van der Waals surface area contributed by atoms with E-state index in [0.717, 1.165) is 189 Å². The van der Waals surface area contributed by atoms with Gasteiger partial charge in [-0.25, -0.2) is 54.8 Å². The molecule has 129 heavy (non-hydrogen) atoms. The third kappa shape index (κ3) is 19.0. The second-order valence-corrected chi connectivity index (χ2v) is 36.6. The molecule has 20 rings (SSSR count). The fourth-order valence-corrected chi connectivity index (χ4v) is 18.2. The lowest BCUT2D eigenvalue weighted by Crippen LogP contribution is -2.43. The van der Waals surface area contributed by atoms with Crippen LogP contribution in [-0.4, -0.2) is 148 Å². The van der Waals surface area contributed by atoms with Gasteiger partial charge in [-0.15, -0.1) is 0 Å². The van der Waals surface area contributed by atoms with Crippen molar-refractivity contribution >= 4 is 35.3 Å². The van der Waals surface area contributed by atoms with E-state index in [9.17, 15) is 0 Å². The van der Waals surface area contributed by atoms with Crippen molar-refractivity contribution in [1.82, 2.24) is 106 Å². The lowest BCUT2D eigenvalue weighted by atomic mass is 9.72. The Labute approximate surface area is 751 Å². The highest BCUT2D eigenvalue weighted by atomic mass is 16.5. The Balaban J connectivity index is 0.000000121. The van der Waals surface area contributed by atoms with Crippen LogP contribution in [-0.2, 0) is 27.1 Å². The first-order chi connectivity index (χ1) is 62.5. The summed E-state index contributed by atoms with van der Waals surface area (Å²) in [7, 11) is 0. The highest BCUT2D eigenvalue weighted by molar-refractivity contribution is 5.67. The van der Waals surface area contributed by atoms with Gasteiger partial charge in [0.1, 0.15) is 28.8 Å². The third-order valence-corrected chi connectivity index (χ3v) is 27.8. The van der Waals surface area contributed by atoms with Gasteiger partial charge in [0, 0.05) is 129 Å². The SMILES string of the molecule is CC(C)C(C)(c1ccc(-c2cnc(N)nc2)cc1)c1noc(C2(C)CCCCC2)n1.CC(C)C(C)(c1ccc(-c2cnc(N)nc2)cc1)c1noc(C2CCCCC2)n1.C[C@](c1ccc(-c2ccc(N)nc2)cc1)(c1noc(-c2cnc(N3CCNCC3)cn2)n1)C1CC1.C[C@](c1ccc(-c2cnc(N)nc2)cc1)(c1noc(-c2cnc(N3CCNCC3)cn2)n1)C1CC1. The third-order valence-electron chi connectivity index (χ3n) is 27.8. The number of hydrogen-bond donors (Lipinski definition) is 6. The van der Waals surface area contributed by atoms with Crippen molar-refractivity contribution in [3.8, 4) is 67.7 Å². The average Bonchev–Trinajstić information content (AvgIpc) is 1.69. The van der Waals surface area contributed by atoms with Crippen LogP contribution < -0.4 is 43.4 Å². The predicted octanol–water partition coefficient (Wildman–Crippen LogP) is 16.4. The van der Waals surface area contributed by atoms with Crippen LogP contribution in [0.2, 0.25) is 0 Å². The van der Waals surface area contributed by atoms with E-state index in [1.165, 1.54) is 55.2 Å². The van der Waals surface area contributed by atoms with Crippen LogP contribution in [0, 0.1) is 23.7 Å². The van der Waals surface area contributed by atoms with Crippen LogP contribution >= 0.6 is 0 Å². The van der Waals surface area contributed by atoms with Gasteiger partial charge < -0.3 is 61.5 Å². The molecule has 2 saturated heterocycles. The molecule has 31 nitrogen and oxygen atoms in total. The maximum atomic E-state index is 5.84. The summed E-state index contributed by atoms with van der Waals surface area (Å²) < 4.78 is 22.9. The van der Waals surface area contributed by atoms with E-state index in [4.69, 9.17) is 61.0 Å². The number of benzene rings is 4. The number of aromatic nitrogens is 19. The van der Waals surface area contributed by atoms with E-state index in [1.54, 1.807) is 68.2 Å². The van der Waals surface area contributed by atoms with Crippen molar-refractivity contribution in [1.29, 1.82) is 0 Å². The molecule has 4 aliphatic carbocycles. The van der Waals surface area contributed by atoms with Gasteiger partial charge >= 0.3 is 0 Å². The summed E-state index contributed by atoms with van der Waals surface area (Å²) in [5.41, 5.74) is 35.1. The van der Waals surface area contributed by atoms with Gasteiger partial charge in [0.2, 0.25) is 29.6 Å². The topological polar surface area (TPSA) is 432 Å². The quantitative estimate of drug-likeness (QED) is 0.0367. The maximum Gasteiger partial charge on any atom is 0.278 e. The minimum atomic E-state index is -0.355. The van der Waals surface area contributed by atoms with Crippen molar-refractivity contribution in [2.75, 3.05) is 85.1 Å². The van der Waals surface area contributed by atoms with Gasteiger partial charge in [0.25, 0.3) is 11.8 Å². The van der Waals surface area contributed by atoms with Gasteiger partial charge in [0.05, 0.1) is 46.4 Å². The van der Waals surface area contributed by atoms with Crippen LogP contribution in [0.4, 0.5) is 35.3 Å². The fraction of sp³-hybridized carbons (Fsp3) is 0.418. The van der Waals surface area contributed by atoms with Gasteiger partial charge in [0.15, 0.2) is 23.3 Å². The van der Waals surface area contributed by atoms with E-state index in [1.807, 2.05) is 12.1 Å². The zero-order valence-electron chi connectivity index (χ0n) is 75.0. The molecular weight excluding hydrogens is 1620 g/mol. The Hall–Kier alpha value is -13.3. The summed E-state index contributed by atoms with van der Waals surface area (Å²) >= 11 is 0. The first-order valence-electron chi connectivity index (χ1n) is 45.3. The molecule has 2 unspecified atom stereocenters. The Kier molecular flexibility index (Phi) is 25.8. The first kappa shape index (κ1) is 87.8. The normalized spacial score (nSPS) is 17.8. The summed E-state index contributed by atoms with van der Waals surface area (Å²) in [5.74, 6) is 10.3. The van der Waals surface area contributed by atoms with E-state index in [2.05, 4.69) is 255 Å². The van der Waals surface area contributed by atoms with Crippen LogP contribution in [0.5, 0.6) is 0 Å². The zero-order valence-corrected chi connectivity index (χ0v) is 75.0. The van der Waals surface area contributed by atoms with Crippen molar-refractivity contribution in [2.45, 2.75) is 185 Å². The molecule has 4 saturated carbocycles. The number of nitrogens with two attached hydrogens (primary N) is 4. The predicted molar refractivity (Wildman–Crippen MR) is 496 cm³/mol. The molecule has 0 bridgehead atoms. The van der Waals surface area contributed by atoms with E-state index < -0.39 is 0 Å². The smallest absolute Gasteiger partial charge is 0.278 e. The largest absolute Gasteiger partial charge is 0.384 e. The number of nitrogens with zero attached hydrogens (tertiary/aromatic N) is 21. The lowest BCUT2D eigenvalue weighted by Gasteiger charge is -2.32. The van der Waals surface area contributed by atoms with Crippen molar-refractivity contribution < 1.29 is 18.1 Å². The summed E-state index contributed by atoms with van der Waals surface area (Å²) in [5, 5.41) is 24.4. The molecule has 0 spiro atoms. The van der Waals surface area contributed by atoms with Gasteiger partial charge in [-0.05, 0) is 159 Å². The maximum absolute atomic E-state index is 5.84. The molecule has 666 valence electrons. The minimum absolute atomic E-state index is 0.000398. The zero-order chi connectivity index (χ0) is 89.4. The monoisotopic (exact) mass is 1730 g/mol. The molecule has 6 fully saturated rings. The summed E-state index contributed by atoms with van der Waals surface area (Å²) in [6, 6.07) is 37.7. The summed E-state index contributed by atoms with van der Waals surface area (Å²) in [6.45, 7) is 27.4. The number of rotatable bonds is 22. The molecule has 31 heteroatoms. The van der Waals surface area contributed by atoms with Crippen molar-refractivity contribution in [3.63, 3.8) is 0 Å². The number of piperazine rings is 2. The Morgan fingerprint density at radius 2 is 0.721 bits per heavy atom. The Bertz CT molecular complexity index is 5780. The molecular formula is C98H115N27O4. The number of anilines is 6. The highest BCUT2D eigenvalue weighted by Crippen LogP contribution is 2.53. The van der Waals surface area contributed by atoms with E-state index >= 15 is 0 Å². The van der Waals surface area contributed by atoms with Crippen molar-refractivity contribution in [3.05, 3.63) is 235 Å². The fourth-order valence-electron chi connectivity index (χ4n) is 18.2. The average molecular weight is 1740 g/mol. The Morgan fingerprint density at radius 3 is 1.10 bits per heavy atom. The molecule has 2 aliphatic heterocycles. The van der Waals surface area contributed by atoms with Gasteiger partial charge in [-0.2, -0.15) is 19.9 Å². The van der Waals surface area contributed by atoms with Crippen molar-refractivity contribution in [2.24, 2.45) is 23.7 Å². The second kappa shape index (κ2) is 37.9. The highest BCUT2D eigenvalue weighted by Gasteiger charge is 2.50.